The van der Waals surface area contributed by atoms with Crippen molar-refractivity contribution in [3.05, 3.63) is 112 Å². The van der Waals surface area contributed by atoms with Crippen LogP contribution in [-0.4, -0.2) is 40.9 Å². The third-order valence-corrected chi connectivity index (χ3v) is 8.16. The van der Waals surface area contributed by atoms with Crippen molar-refractivity contribution in [1.29, 1.82) is 0 Å². The Balaban J connectivity index is 1.48. The topological polar surface area (TPSA) is 76.2 Å². The van der Waals surface area contributed by atoms with E-state index in [0.29, 0.717) is 42.3 Å². The van der Waals surface area contributed by atoms with Crippen LogP contribution in [0.15, 0.2) is 82.2 Å². The molecule has 3 aromatic carbocycles. The van der Waals surface area contributed by atoms with Gasteiger partial charge in [-0.05, 0) is 62.2 Å². The fourth-order valence-electron chi connectivity index (χ4n) is 5.58. The third-order valence-electron chi connectivity index (χ3n) is 8.16. The molecular formula is C33H31F4N5O2. The van der Waals surface area contributed by atoms with Crippen molar-refractivity contribution in [1.82, 2.24) is 20.0 Å². The highest BCUT2D eigenvalue weighted by Crippen LogP contribution is 2.33. The molecule has 0 unspecified atom stereocenters. The van der Waals surface area contributed by atoms with E-state index in [0.717, 1.165) is 30.7 Å². The van der Waals surface area contributed by atoms with Gasteiger partial charge in [0.05, 0.1) is 27.7 Å². The van der Waals surface area contributed by atoms with Crippen LogP contribution in [-0.2, 0) is 18.1 Å². The van der Waals surface area contributed by atoms with E-state index >= 15 is 4.39 Å². The molecule has 7 nitrogen and oxygen atoms in total. The first-order valence-electron chi connectivity index (χ1n) is 14.4. The van der Waals surface area contributed by atoms with E-state index in [-0.39, 0.29) is 23.3 Å². The van der Waals surface area contributed by atoms with E-state index < -0.39 is 28.4 Å². The van der Waals surface area contributed by atoms with Gasteiger partial charge in [-0.3, -0.25) is 4.79 Å². The molecule has 6 rings (SSSR count). The molecular weight excluding hydrogens is 574 g/mol. The van der Waals surface area contributed by atoms with E-state index in [1.165, 1.54) is 18.2 Å². The second-order valence-electron chi connectivity index (χ2n) is 11.5. The van der Waals surface area contributed by atoms with Crippen LogP contribution in [0.5, 0.6) is 0 Å². The van der Waals surface area contributed by atoms with Crippen molar-refractivity contribution in [3.8, 4) is 11.4 Å². The molecule has 0 amide bonds. The molecule has 0 radical (unpaired) electrons. The average molecular weight is 606 g/mol. The monoisotopic (exact) mass is 605 g/mol. The number of benzene rings is 3. The maximum Gasteiger partial charge on any atom is 0.416 e. The van der Waals surface area contributed by atoms with Gasteiger partial charge in [-0.15, -0.1) is 0 Å². The summed E-state index contributed by atoms with van der Waals surface area (Å²) in [5.74, 6) is -0.197. The van der Waals surface area contributed by atoms with Crippen molar-refractivity contribution in [3.63, 3.8) is 0 Å². The number of hydrogen-bond acceptors (Lipinski definition) is 6. The summed E-state index contributed by atoms with van der Waals surface area (Å²) in [6.07, 6.45) is -2.07. The molecule has 228 valence electrons. The molecule has 2 aromatic heterocycles. The summed E-state index contributed by atoms with van der Waals surface area (Å²) in [5, 5.41) is 7.53. The van der Waals surface area contributed by atoms with Crippen molar-refractivity contribution in [2.45, 2.75) is 38.4 Å². The van der Waals surface area contributed by atoms with E-state index in [2.05, 4.69) is 15.5 Å². The standard InChI is InChI=1S/C33H31F4N5O2/c1-32(2,22-7-4-3-5-8-22)31-39-30(40-44-31)25-20-42(19-21-9-11-23(12-10-21)33(35,36)37)27-18-28(26(34)17-24(27)29(25)43)41-15-6-13-38-14-16-41/h3-5,7-12,17-18,20,38H,6,13-16,19H2,1-2H3. The lowest BCUT2D eigenvalue weighted by atomic mass is 9.84. The molecule has 1 saturated heterocycles. The Bertz CT molecular complexity index is 1840. The summed E-state index contributed by atoms with van der Waals surface area (Å²) in [6.45, 7) is 6.72. The summed E-state index contributed by atoms with van der Waals surface area (Å²) in [5.41, 5.74) is 0.509. The molecule has 0 saturated carbocycles. The molecule has 3 heterocycles. The van der Waals surface area contributed by atoms with Gasteiger partial charge in [0, 0.05) is 37.8 Å². The minimum absolute atomic E-state index is 0.0418. The molecule has 1 N–H and O–H groups in total. The fraction of sp³-hybridized carbons (Fsp3) is 0.303. The van der Waals surface area contributed by atoms with Gasteiger partial charge in [0.25, 0.3) is 0 Å². The SMILES string of the molecule is CC(C)(c1ccccc1)c1nc(-c2cn(Cc3ccc(C(F)(F)F)cc3)c3cc(N4CCCNCC4)c(F)cc3c2=O)no1. The predicted octanol–water partition coefficient (Wildman–Crippen LogP) is 6.38. The number of nitrogens with one attached hydrogen (secondary N) is 1. The molecule has 5 aromatic rings. The fourth-order valence-corrected chi connectivity index (χ4v) is 5.58. The van der Waals surface area contributed by atoms with E-state index in [9.17, 15) is 18.0 Å². The Morgan fingerprint density at radius 3 is 2.43 bits per heavy atom. The second kappa shape index (κ2) is 11.5. The summed E-state index contributed by atoms with van der Waals surface area (Å²) in [6, 6.07) is 17.3. The minimum atomic E-state index is -4.46. The maximum absolute atomic E-state index is 15.6. The number of rotatable bonds is 6. The zero-order chi connectivity index (χ0) is 31.1. The molecule has 0 bridgehead atoms. The highest BCUT2D eigenvalue weighted by molar-refractivity contribution is 5.86. The van der Waals surface area contributed by atoms with Crippen LogP contribution in [0.2, 0.25) is 0 Å². The predicted molar refractivity (Wildman–Crippen MR) is 160 cm³/mol. The van der Waals surface area contributed by atoms with Crippen molar-refractivity contribution >= 4 is 16.6 Å². The zero-order valence-electron chi connectivity index (χ0n) is 24.3. The van der Waals surface area contributed by atoms with E-state index in [4.69, 9.17) is 4.52 Å². The van der Waals surface area contributed by atoms with Gasteiger partial charge in [-0.1, -0.05) is 47.6 Å². The number of nitrogens with zero attached hydrogens (tertiary/aromatic N) is 4. The van der Waals surface area contributed by atoms with Gasteiger partial charge in [0.1, 0.15) is 5.82 Å². The minimum Gasteiger partial charge on any atom is -0.368 e. The Hall–Kier alpha value is -4.51. The van der Waals surface area contributed by atoms with Gasteiger partial charge < -0.3 is 19.3 Å². The molecule has 1 aliphatic rings. The summed E-state index contributed by atoms with van der Waals surface area (Å²) in [7, 11) is 0. The van der Waals surface area contributed by atoms with Crippen LogP contribution in [0.1, 0.15) is 42.8 Å². The first-order chi connectivity index (χ1) is 21.0. The van der Waals surface area contributed by atoms with Crippen LogP contribution in [0.25, 0.3) is 22.3 Å². The number of aromatic nitrogens is 3. The molecule has 1 fully saturated rings. The van der Waals surface area contributed by atoms with Gasteiger partial charge in [-0.25, -0.2) is 4.39 Å². The van der Waals surface area contributed by atoms with E-state index in [1.54, 1.807) is 16.8 Å². The summed E-state index contributed by atoms with van der Waals surface area (Å²) >= 11 is 0. The normalized spacial score (nSPS) is 14.6. The van der Waals surface area contributed by atoms with Crippen molar-refractivity contribution in [2.75, 3.05) is 31.1 Å². The van der Waals surface area contributed by atoms with Gasteiger partial charge >= 0.3 is 6.18 Å². The summed E-state index contributed by atoms with van der Waals surface area (Å²) in [4.78, 5) is 20.4. The Labute approximate surface area is 251 Å². The van der Waals surface area contributed by atoms with Crippen LogP contribution in [0, 0.1) is 5.82 Å². The second-order valence-corrected chi connectivity index (χ2v) is 11.5. The summed E-state index contributed by atoms with van der Waals surface area (Å²) < 4.78 is 62.7. The lowest BCUT2D eigenvalue weighted by molar-refractivity contribution is -0.137. The highest BCUT2D eigenvalue weighted by Gasteiger charge is 2.31. The van der Waals surface area contributed by atoms with Crippen molar-refractivity contribution < 1.29 is 22.1 Å². The smallest absolute Gasteiger partial charge is 0.368 e. The number of pyridine rings is 1. The van der Waals surface area contributed by atoms with Crippen molar-refractivity contribution in [2.24, 2.45) is 0 Å². The van der Waals surface area contributed by atoms with Crippen LogP contribution in [0.4, 0.5) is 23.2 Å². The van der Waals surface area contributed by atoms with Crippen LogP contribution < -0.4 is 15.6 Å². The molecule has 0 spiro atoms. The number of alkyl halides is 3. The number of fused-ring (bicyclic) bond motifs is 1. The van der Waals surface area contributed by atoms with Gasteiger partial charge in [-0.2, -0.15) is 18.2 Å². The lowest BCUT2D eigenvalue weighted by Crippen LogP contribution is -2.29. The zero-order valence-corrected chi connectivity index (χ0v) is 24.3. The maximum atomic E-state index is 15.6. The molecule has 11 heteroatoms. The van der Waals surface area contributed by atoms with E-state index in [1.807, 2.05) is 49.1 Å². The number of anilines is 1. The molecule has 0 aliphatic carbocycles. The van der Waals surface area contributed by atoms with Crippen LogP contribution >= 0.6 is 0 Å². The first-order valence-corrected chi connectivity index (χ1v) is 14.4. The quantitative estimate of drug-likeness (QED) is 0.226. The Kier molecular flexibility index (Phi) is 7.75. The lowest BCUT2D eigenvalue weighted by Gasteiger charge is -2.24. The largest absolute Gasteiger partial charge is 0.416 e. The van der Waals surface area contributed by atoms with Gasteiger partial charge in [0.15, 0.2) is 0 Å². The third kappa shape index (κ3) is 5.71. The highest BCUT2D eigenvalue weighted by atomic mass is 19.4. The van der Waals surface area contributed by atoms with Gasteiger partial charge in [0.2, 0.25) is 17.1 Å². The Morgan fingerprint density at radius 1 is 0.955 bits per heavy atom. The van der Waals surface area contributed by atoms with Crippen LogP contribution in [0.3, 0.4) is 0 Å². The molecule has 1 aliphatic heterocycles. The molecule has 0 atom stereocenters. The molecule has 44 heavy (non-hydrogen) atoms. The number of hydrogen-bond donors (Lipinski definition) is 1. The first kappa shape index (κ1) is 29.6. The number of halogens is 4. The Morgan fingerprint density at radius 2 is 1.70 bits per heavy atom. The average Bonchev–Trinajstić information content (AvgIpc) is 3.35.